The molecular formula is C13H23N5O2S. The zero-order chi connectivity index (χ0) is 15.2. The number of carbonyl (C=O) groups is 1. The highest BCUT2D eigenvalue weighted by Gasteiger charge is 2.20. The van der Waals surface area contributed by atoms with Crippen LogP contribution in [0.3, 0.4) is 0 Å². The number of amides is 1. The van der Waals surface area contributed by atoms with Crippen molar-refractivity contribution in [1.29, 1.82) is 0 Å². The predicted octanol–water partition coefficient (Wildman–Crippen LogP) is 0.147. The number of nitrogens with two attached hydrogens (primary N) is 1. The van der Waals surface area contributed by atoms with Crippen molar-refractivity contribution in [3.8, 4) is 0 Å². The highest BCUT2D eigenvalue weighted by Crippen LogP contribution is 2.28. The first-order chi connectivity index (χ1) is 10.1. The van der Waals surface area contributed by atoms with Crippen LogP contribution in [0.15, 0.2) is 0 Å². The van der Waals surface area contributed by atoms with Gasteiger partial charge in [0.15, 0.2) is 5.13 Å². The number of nitrogens with one attached hydrogen (secondary N) is 2. The van der Waals surface area contributed by atoms with Gasteiger partial charge in [-0.15, -0.1) is 0 Å². The molecule has 7 nitrogen and oxygen atoms in total. The third kappa shape index (κ3) is 4.29. The summed E-state index contributed by atoms with van der Waals surface area (Å²) in [6, 6.07) is 0. The topological polar surface area (TPSA) is 92.5 Å². The number of nitrogens with zero attached hydrogens (tertiary/aromatic N) is 2. The molecule has 0 spiro atoms. The largest absolute Gasteiger partial charge is 0.384 e. The molecule has 2 heterocycles. The molecule has 1 atom stereocenters. The van der Waals surface area contributed by atoms with Crippen LogP contribution in [-0.4, -0.2) is 57.3 Å². The van der Waals surface area contributed by atoms with E-state index in [1.165, 1.54) is 11.3 Å². The number of rotatable bonds is 6. The summed E-state index contributed by atoms with van der Waals surface area (Å²) in [7, 11) is 1.65. The standard InChI is InChI=1S/C13H23N5O2S/c1-9(8-20-2)7-16-12(19)10-11(14)17-13(21-10)18-5-3-15-4-6-18/h9,15H,3-8,14H2,1-2H3,(H,16,19). The van der Waals surface area contributed by atoms with E-state index in [0.29, 0.717) is 23.8 Å². The van der Waals surface area contributed by atoms with E-state index in [1.54, 1.807) is 7.11 Å². The van der Waals surface area contributed by atoms with Crippen LogP contribution in [0.1, 0.15) is 16.6 Å². The van der Waals surface area contributed by atoms with Crippen LogP contribution in [0, 0.1) is 5.92 Å². The Morgan fingerprint density at radius 2 is 2.29 bits per heavy atom. The summed E-state index contributed by atoms with van der Waals surface area (Å²) < 4.78 is 5.05. The summed E-state index contributed by atoms with van der Waals surface area (Å²) in [6.45, 7) is 6.83. The predicted molar refractivity (Wildman–Crippen MR) is 85.0 cm³/mol. The molecule has 0 aliphatic carbocycles. The second-order valence-electron chi connectivity index (χ2n) is 5.22. The SMILES string of the molecule is COCC(C)CNC(=O)c1sc(N2CCNCC2)nc1N. The lowest BCUT2D eigenvalue weighted by atomic mass is 10.2. The van der Waals surface area contributed by atoms with Crippen molar-refractivity contribution in [3.05, 3.63) is 4.88 Å². The van der Waals surface area contributed by atoms with Gasteiger partial charge < -0.3 is 26.0 Å². The van der Waals surface area contributed by atoms with E-state index in [4.69, 9.17) is 10.5 Å². The van der Waals surface area contributed by atoms with Crippen molar-refractivity contribution in [1.82, 2.24) is 15.6 Å². The second kappa shape index (κ2) is 7.58. The molecule has 118 valence electrons. The fourth-order valence-electron chi connectivity index (χ4n) is 2.16. The van der Waals surface area contributed by atoms with Gasteiger partial charge in [-0.2, -0.15) is 0 Å². The smallest absolute Gasteiger partial charge is 0.265 e. The molecule has 0 saturated carbocycles. The number of nitrogen functional groups attached to an aromatic ring is 1. The number of aromatic nitrogens is 1. The van der Waals surface area contributed by atoms with Crippen molar-refractivity contribution >= 4 is 28.2 Å². The van der Waals surface area contributed by atoms with Crippen LogP contribution >= 0.6 is 11.3 Å². The van der Waals surface area contributed by atoms with Gasteiger partial charge in [-0.3, -0.25) is 4.79 Å². The molecule has 4 N–H and O–H groups in total. The third-order valence-electron chi connectivity index (χ3n) is 3.30. The number of methoxy groups -OCH3 is 1. The first-order valence-corrected chi connectivity index (χ1v) is 7.92. The summed E-state index contributed by atoms with van der Waals surface area (Å²) in [5, 5.41) is 6.99. The molecule has 1 fully saturated rings. The molecular weight excluding hydrogens is 290 g/mol. The fraction of sp³-hybridized carbons (Fsp3) is 0.692. The number of anilines is 2. The van der Waals surface area contributed by atoms with Gasteiger partial charge in [-0.1, -0.05) is 18.3 Å². The van der Waals surface area contributed by atoms with Crippen LogP contribution < -0.4 is 21.3 Å². The Hall–Kier alpha value is -1.38. The molecule has 1 unspecified atom stereocenters. The Morgan fingerprint density at radius 1 is 1.57 bits per heavy atom. The van der Waals surface area contributed by atoms with E-state index in [-0.39, 0.29) is 11.8 Å². The molecule has 1 aromatic rings. The average Bonchev–Trinajstić information content (AvgIpc) is 2.88. The summed E-state index contributed by atoms with van der Waals surface area (Å²) >= 11 is 1.36. The second-order valence-corrected chi connectivity index (χ2v) is 6.20. The number of hydrogen-bond acceptors (Lipinski definition) is 7. The highest BCUT2D eigenvalue weighted by molar-refractivity contribution is 7.18. The molecule has 0 bridgehead atoms. The molecule has 1 aromatic heterocycles. The minimum Gasteiger partial charge on any atom is -0.384 e. The molecule has 8 heteroatoms. The summed E-state index contributed by atoms with van der Waals surface area (Å²) in [5.74, 6) is 0.417. The number of piperazine rings is 1. The maximum absolute atomic E-state index is 12.2. The zero-order valence-corrected chi connectivity index (χ0v) is 13.3. The molecule has 1 aliphatic heterocycles. The van der Waals surface area contributed by atoms with E-state index >= 15 is 0 Å². The van der Waals surface area contributed by atoms with Crippen LogP contribution in [0.25, 0.3) is 0 Å². The van der Waals surface area contributed by atoms with E-state index in [0.717, 1.165) is 31.3 Å². The average molecular weight is 313 g/mol. The number of carbonyl (C=O) groups excluding carboxylic acids is 1. The first kappa shape index (κ1) is 16.0. The van der Waals surface area contributed by atoms with Gasteiger partial charge in [0.1, 0.15) is 10.7 Å². The van der Waals surface area contributed by atoms with Gasteiger partial charge >= 0.3 is 0 Å². The molecule has 0 aromatic carbocycles. The highest BCUT2D eigenvalue weighted by atomic mass is 32.1. The summed E-state index contributed by atoms with van der Waals surface area (Å²) in [6.07, 6.45) is 0. The van der Waals surface area contributed by atoms with Crippen LogP contribution in [0.2, 0.25) is 0 Å². The van der Waals surface area contributed by atoms with Crippen molar-refractivity contribution in [3.63, 3.8) is 0 Å². The zero-order valence-electron chi connectivity index (χ0n) is 12.5. The molecule has 1 amide bonds. The lowest BCUT2D eigenvalue weighted by molar-refractivity contribution is 0.0939. The summed E-state index contributed by atoms with van der Waals surface area (Å²) in [5.41, 5.74) is 5.89. The minimum atomic E-state index is -0.158. The number of ether oxygens (including phenoxy) is 1. The van der Waals surface area contributed by atoms with E-state index in [9.17, 15) is 4.79 Å². The first-order valence-electron chi connectivity index (χ1n) is 7.11. The Kier molecular flexibility index (Phi) is 5.77. The molecule has 1 aliphatic rings. The van der Waals surface area contributed by atoms with E-state index in [2.05, 4.69) is 20.5 Å². The van der Waals surface area contributed by atoms with Gasteiger partial charge in [-0.05, 0) is 5.92 Å². The maximum atomic E-state index is 12.2. The van der Waals surface area contributed by atoms with Gasteiger partial charge in [0.25, 0.3) is 5.91 Å². The minimum absolute atomic E-state index is 0.158. The van der Waals surface area contributed by atoms with E-state index < -0.39 is 0 Å². The lowest BCUT2D eigenvalue weighted by Crippen LogP contribution is -2.43. The van der Waals surface area contributed by atoms with Crippen molar-refractivity contribution in [2.24, 2.45) is 5.92 Å². The normalized spacial score (nSPS) is 16.8. The Labute approximate surface area is 128 Å². The molecule has 1 saturated heterocycles. The Bertz CT molecular complexity index is 473. The lowest BCUT2D eigenvalue weighted by Gasteiger charge is -2.26. The molecule has 21 heavy (non-hydrogen) atoms. The van der Waals surface area contributed by atoms with Crippen LogP contribution in [0.4, 0.5) is 10.9 Å². The summed E-state index contributed by atoms with van der Waals surface area (Å²) in [4.78, 5) is 19.2. The monoisotopic (exact) mass is 313 g/mol. The Morgan fingerprint density at radius 3 is 2.95 bits per heavy atom. The quantitative estimate of drug-likeness (QED) is 0.692. The van der Waals surface area contributed by atoms with E-state index in [1.807, 2.05) is 6.92 Å². The number of hydrogen-bond donors (Lipinski definition) is 3. The Balaban J connectivity index is 1.96. The van der Waals surface area contributed by atoms with Crippen molar-refractivity contribution < 1.29 is 9.53 Å². The van der Waals surface area contributed by atoms with Gasteiger partial charge in [-0.25, -0.2) is 4.98 Å². The molecule has 2 rings (SSSR count). The molecule has 0 radical (unpaired) electrons. The fourth-order valence-corrected chi connectivity index (χ4v) is 3.12. The maximum Gasteiger partial charge on any atom is 0.265 e. The third-order valence-corrected chi connectivity index (χ3v) is 4.43. The van der Waals surface area contributed by atoms with Gasteiger partial charge in [0, 0.05) is 39.8 Å². The van der Waals surface area contributed by atoms with Crippen molar-refractivity contribution in [2.75, 3.05) is 57.1 Å². The van der Waals surface area contributed by atoms with Crippen LogP contribution in [0.5, 0.6) is 0 Å². The van der Waals surface area contributed by atoms with Crippen molar-refractivity contribution in [2.45, 2.75) is 6.92 Å². The van der Waals surface area contributed by atoms with Gasteiger partial charge in [0.2, 0.25) is 0 Å². The van der Waals surface area contributed by atoms with Gasteiger partial charge in [0.05, 0.1) is 6.61 Å². The number of thiazole rings is 1. The van der Waals surface area contributed by atoms with Crippen LogP contribution in [-0.2, 0) is 4.74 Å².